The van der Waals surface area contributed by atoms with Gasteiger partial charge in [-0.15, -0.1) is 17.1 Å². The third-order valence-electron chi connectivity index (χ3n) is 5.09. The minimum Gasteiger partial charge on any atom is -0.787 e. The van der Waals surface area contributed by atoms with Crippen molar-refractivity contribution in [2.24, 2.45) is 0 Å². The average Bonchev–Trinajstić information content (AvgIpc) is 3.14. The van der Waals surface area contributed by atoms with Gasteiger partial charge in [-0.1, -0.05) is 30.3 Å². The summed E-state index contributed by atoms with van der Waals surface area (Å²) >= 11 is 6.90. The number of nitrogens with two attached hydrogens (primary N) is 1. The molecule has 152 valence electrons. The Balaban J connectivity index is 0.00000300. The van der Waals surface area contributed by atoms with Crippen molar-refractivity contribution in [3.8, 4) is 10.4 Å². The standard InChI is InChI=1S/C24H28N2S2.Sm/c1-14-6-7-15(2)21(10-14)18(5)26-17(4)19-11-16(3)24(25)22(12-19)23-9-8-20(13-27)28-23;/h6-12,17,26-27H,5,13,25H2,1-4H3;/p-1. The molecule has 1 aromatic heterocycles. The van der Waals surface area contributed by atoms with Gasteiger partial charge >= 0.3 is 0 Å². The normalized spacial score (nSPS) is 11.6. The zero-order valence-electron chi connectivity index (χ0n) is 17.3. The van der Waals surface area contributed by atoms with E-state index in [-0.39, 0.29) is 46.4 Å². The van der Waals surface area contributed by atoms with E-state index in [1.165, 1.54) is 26.4 Å². The van der Waals surface area contributed by atoms with Crippen molar-refractivity contribution in [3.63, 3.8) is 0 Å². The molecule has 1 heterocycles. The first-order valence-electron chi connectivity index (χ1n) is 9.40. The van der Waals surface area contributed by atoms with Gasteiger partial charge in [0.25, 0.3) is 0 Å². The number of hydrogen-bond donors (Lipinski definition) is 2. The smallest absolute Gasteiger partial charge is 0.0486 e. The molecule has 0 radical (unpaired) electrons. The van der Waals surface area contributed by atoms with E-state index in [2.05, 4.69) is 82.1 Å². The molecule has 5 heteroatoms. The summed E-state index contributed by atoms with van der Waals surface area (Å²) in [6, 6.07) is 15.1. The minimum atomic E-state index is 0. The first kappa shape index (κ1) is 24.4. The Labute approximate surface area is 216 Å². The van der Waals surface area contributed by atoms with E-state index in [0.29, 0.717) is 5.75 Å². The Morgan fingerprint density at radius 3 is 2.48 bits per heavy atom. The van der Waals surface area contributed by atoms with Crippen LogP contribution in [0.4, 0.5) is 5.69 Å². The predicted molar refractivity (Wildman–Crippen MR) is 126 cm³/mol. The van der Waals surface area contributed by atoms with Crippen LogP contribution in [-0.4, -0.2) is 0 Å². The summed E-state index contributed by atoms with van der Waals surface area (Å²) in [7, 11) is 0. The zero-order chi connectivity index (χ0) is 20.4. The number of nitrogens with one attached hydrogen (secondary N) is 1. The summed E-state index contributed by atoms with van der Waals surface area (Å²) < 4.78 is 0. The van der Waals surface area contributed by atoms with Gasteiger partial charge in [-0.25, -0.2) is 0 Å². The number of thiophene rings is 1. The summed E-state index contributed by atoms with van der Waals surface area (Å²) in [5.74, 6) is 0.636. The second kappa shape index (κ2) is 10.5. The maximum atomic E-state index is 6.41. The van der Waals surface area contributed by atoms with Crippen LogP contribution in [0.2, 0.25) is 0 Å². The molecule has 1 atom stereocenters. The third-order valence-corrected chi connectivity index (χ3v) is 6.70. The van der Waals surface area contributed by atoms with Gasteiger partial charge in [-0.2, -0.15) is 0 Å². The van der Waals surface area contributed by atoms with Crippen LogP contribution >= 0.6 is 11.3 Å². The van der Waals surface area contributed by atoms with Gasteiger partial charge in [0.2, 0.25) is 0 Å². The van der Waals surface area contributed by atoms with Crippen LogP contribution in [0.15, 0.2) is 49.0 Å². The number of rotatable bonds is 6. The Kier molecular flexibility index (Phi) is 8.82. The van der Waals surface area contributed by atoms with Crippen molar-refractivity contribution < 1.29 is 40.4 Å². The summed E-state index contributed by atoms with van der Waals surface area (Å²) in [5.41, 5.74) is 15.2. The number of nitrogen functional groups attached to an aromatic ring is 1. The second-order valence-corrected chi connectivity index (χ2v) is 8.83. The largest absolute Gasteiger partial charge is 0.787 e. The maximum absolute atomic E-state index is 6.41. The van der Waals surface area contributed by atoms with Gasteiger partial charge in [0.1, 0.15) is 0 Å². The molecule has 29 heavy (non-hydrogen) atoms. The molecule has 3 rings (SSSR count). The number of aryl methyl sites for hydroxylation is 3. The Morgan fingerprint density at radius 2 is 1.83 bits per heavy atom. The fourth-order valence-corrected chi connectivity index (χ4v) is 4.53. The fourth-order valence-electron chi connectivity index (χ4n) is 3.36. The predicted octanol–water partition coefficient (Wildman–Crippen LogP) is 6.29. The number of hydrogen-bond acceptors (Lipinski definition) is 4. The fraction of sp³-hybridized carbons (Fsp3) is 0.250. The quantitative estimate of drug-likeness (QED) is 0.276. The van der Waals surface area contributed by atoms with Gasteiger partial charge in [0, 0.05) is 73.8 Å². The summed E-state index contributed by atoms with van der Waals surface area (Å²) in [4.78, 5) is 2.37. The molecule has 3 aromatic rings. The molecule has 3 N–H and O–H groups in total. The minimum absolute atomic E-state index is 0. The Bertz CT molecular complexity index is 1020. The topological polar surface area (TPSA) is 38.0 Å². The second-order valence-electron chi connectivity index (χ2n) is 7.37. The molecule has 0 aliphatic rings. The van der Waals surface area contributed by atoms with Crippen molar-refractivity contribution in [1.29, 1.82) is 0 Å². The van der Waals surface area contributed by atoms with Gasteiger partial charge in [-0.05, 0) is 73.5 Å². The van der Waals surface area contributed by atoms with Crippen LogP contribution in [-0.2, 0) is 18.4 Å². The van der Waals surface area contributed by atoms with Crippen LogP contribution in [0.1, 0.15) is 45.7 Å². The number of benzene rings is 2. The molecule has 0 aliphatic heterocycles. The monoisotopic (exact) mass is 559 g/mol. The van der Waals surface area contributed by atoms with Crippen molar-refractivity contribution in [3.05, 3.63) is 81.7 Å². The van der Waals surface area contributed by atoms with Crippen molar-refractivity contribution in [2.75, 3.05) is 5.73 Å². The molecule has 2 aromatic carbocycles. The Hall–Kier alpha value is -0.832. The Morgan fingerprint density at radius 1 is 1.10 bits per heavy atom. The summed E-state index contributed by atoms with van der Waals surface area (Å²) in [6.45, 7) is 12.7. The molecule has 0 bridgehead atoms. The third kappa shape index (κ3) is 5.65. The van der Waals surface area contributed by atoms with E-state index >= 15 is 0 Å². The van der Waals surface area contributed by atoms with Crippen LogP contribution in [0.5, 0.6) is 0 Å². The summed E-state index contributed by atoms with van der Waals surface area (Å²) in [5, 5.41) is 3.57. The molecule has 0 saturated carbocycles. The van der Waals surface area contributed by atoms with Crippen molar-refractivity contribution in [2.45, 2.75) is 39.5 Å². The van der Waals surface area contributed by atoms with Crippen molar-refractivity contribution >= 4 is 35.4 Å². The van der Waals surface area contributed by atoms with E-state index in [1.807, 2.05) is 0 Å². The molecule has 0 saturated heterocycles. The average molecular weight is 558 g/mol. The molecular weight excluding hydrogens is 531 g/mol. The van der Waals surface area contributed by atoms with E-state index in [9.17, 15) is 0 Å². The molecule has 1 unspecified atom stereocenters. The molecule has 2 nitrogen and oxygen atoms in total. The molecule has 0 spiro atoms. The van der Waals surface area contributed by atoms with E-state index in [0.717, 1.165) is 28.1 Å². The van der Waals surface area contributed by atoms with E-state index < -0.39 is 0 Å². The summed E-state index contributed by atoms with van der Waals surface area (Å²) in [6.07, 6.45) is 0. The maximum Gasteiger partial charge on any atom is 0.0486 e. The van der Waals surface area contributed by atoms with E-state index in [4.69, 9.17) is 18.4 Å². The first-order valence-corrected chi connectivity index (χ1v) is 10.8. The molecular formula is C24H27N2S2Sm-. The molecule has 0 amide bonds. The van der Waals surface area contributed by atoms with Gasteiger partial charge in [0.05, 0.1) is 0 Å². The molecule has 0 fully saturated rings. The van der Waals surface area contributed by atoms with Crippen LogP contribution in [0.25, 0.3) is 16.1 Å². The van der Waals surface area contributed by atoms with Crippen molar-refractivity contribution in [1.82, 2.24) is 5.32 Å². The molecule has 0 aliphatic carbocycles. The van der Waals surface area contributed by atoms with Crippen LogP contribution < -0.4 is 11.1 Å². The van der Waals surface area contributed by atoms with Gasteiger partial charge < -0.3 is 23.7 Å². The van der Waals surface area contributed by atoms with Gasteiger partial charge in [-0.3, -0.25) is 0 Å². The van der Waals surface area contributed by atoms with Crippen LogP contribution in [0.3, 0.4) is 0 Å². The number of anilines is 1. The van der Waals surface area contributed by atoms with Crippen LogP contribution in [0, 0.1) is 61.2 Å². The zero-order valence-corrected chi connectivity index (χ0v) is 21.6. The first-order chi connectivity index (χ1) is 13.3. The SMILES string of the molecule is C=C(NC(C)c1cc(C)c(N)c(-c2ccc(C[S-])s2)c1)c1cc(C)ccc1C.[Sm]. The van der Waals surface area contributed by atoms with E-state index in [1.54, 1.807) is 11.3 Å². The van der Waals surface area contributed by atoms with Gasteiger partial charge in [0.15, 0.2) is 0 Å².